The van der Waals surface area contributed by atoms with Gasteiger partial charge in [-0.2, -0.15) is 8.42 Å². The summed E-state index contributed by atoms with van der Waals surface area (Å²) < 4.78 is 28.3. The lowest BCUT2D eigenvalue weighted by Gasteiger charge is -1.92. The van der Waals surface area contributed by atoms with Gasteiger partial charge in [-0.15, -0.1) is 0 Å². The van der Waals surface area contributed by atoms with Gasteiger partial charge in [0, 0.05) is 0 Å². The summed E-state index contributed by atoms with van der Waals surface area (Å²) in [7, 11) is -5.86. The van der Waals surface area contributed by atoms with E-state index in [0.717, 1.165) is 12.8 Å². The van der Waals surface area contributed by atoms with Crippen molar-refractivity contribution in [1.82, 2.24) is 0 Å². The summed E-state index contributed by atoms with van der Waals surface area (Å²) in [5.74, 6) is -0.0964. The highest BCUT2D eigenvalue weighted by Crippen LogP contribution is 1.96. The molecule has 8 heteroatoms. The molecule has 0 saturated carbocycles. The largest absolute Gasteiger partial charge is 0.631 e. The average molecular weight is 214 g/mol. The van der Waals surface area contributed by atoms with E-state index < -0.39 is 17.4 Å². The second-order valence-corrected chi connectivity index (χ2v) is 3.91. The molecule has 13 heavy (non-hydrogen) atoms. The molecule has 6 nitrogen and oxygen atoms in total. The topological polar surface area (TPSA) is 115 Å². The molecule has 0 aromatic rings. The first kappa shape index (κ1) is 15.3. The van der Waals surface area contributed by atoms with E-state index in [-0.39, 0.29) is 5.75 Å². The van der Waals surface area contributed by atoms with E-state index >= 15 is 0 Å². The molecule has 0 aliphatic carbocycles. The third-order valence-electron chi connectivity index (χ3n) is 1.01. The predicted octanol–water partition coefficient (Wildman–Crippen LogP) is -0.987. The van der Waals surface area contributed by atoms with Crippen molar-refractivity contribution >= 4 is 17.4 Å². The quantitative estimate of drug-likeness (QED) is 0.271. The highest BCUT2D eigenvalue weighted by molar-refractivity contribution is 7.85. The summed E-state index contributed by atoms with van der Waals surface area (Å²) in [5.41, 5.74) is 0. The summed E-state index contributed by atoms with van der Waals surface area (Å²) >= 11 is 0. The standard InChI is InChI=1S/C5H12O3S.BH3O3/c1-2-3-4-5-9(6,7)8;2-1(3)4/h2-5H2,1H3,(H,6,7,8);2-4H. The van der Waals surface area contributed by atoms with Crippen molar-refractivity contribution in [3.8, 4) is 0 Å². The Morgan fingerprint density at radius 3 is 1.77 bits per heavy atom. The molecular weight excluding hydrogens is 199 g/mol. The molecule has 0 rings (SSSR count). The lowest BCUT2D eigenvalue weighted by Crippen LogP contribution is -2.07. The maximum Gasteiger partial charge on any atom is 0.631 e. The number of hydrogen-bond acceptors (Lipinski definition) is 5. The summed E-state index contributed by atoms with van der Waals surface area (Å²) in [6.07, 6.45) is 2.39. The minimum atomic E-state index is -3.70. The molecule has 0 heterocycles. The Bertz CT molecular complexity index is 186. The van der Waals surface area contributed by atoms with Crippen LogP contribution in [0.15, 0.2) is 0 Å². The Morgan fingerprint density at radius 2 is 1.54 bits per heavy atom. The summed E-state index contributed by atoms with van der Waals surface area (Å²) in [6.45, 7) is 1.98. The van der Waals surface area contributed by atoms with Gasteiger partial charge < -0.3 is 15.1 Å². The molecular formula is C5H15BO6S. The van der Waals surface area contributed by atoms with E-state index in [1.807, 2.05) is 6.92 Å². The molecule has 0 aromatic carbocycles. The maximum absolute atomic E-state index is 10.1. The van der Waals surface area contributed by atoms with Gasteiger partial charge >= 0.3 is 7.32 Å². The van der Waals surface area contributed by atoms with Crippen molar-refractivity contribution in [3.63, 3.8) is 0 Å². The van der Waals surface area contributed by atoms with Gasteiger partial charge in [-0.05, 0) is 6.42 Å². The summed E-state index contributed by atoms with van der Waals surface area (Å²) in [5, 5.41) is 21.5. The van der Waals surface area contributed by atoms with Gasteiger partial charge in [0.25, 0.3) is 10.1 Å². The molecule has 0 amide bonds. The van der Waals surface area contributed by atoms with E-state index in [9.17, 15) is 8.42 Å². The van der Waals surface area contributed by atoms with Gasteiger partial charge in [-0.1, -0.05) is 19.8 Å². The average Bonchev–Trinajstić information content (AvgIpc) is 1.83. The molecule has 0 atom stereocenters. The Kier molecular flexibility index (Phi) is 9.97. The van der Waals surface area contributed by atoms with E-state index in [4.69, 9.17) is 19.6 Å². The third-order valence-corrected chi connectivity index (χ3v) is 1.81. The van der Waals surface area contributed by atoms with Gasteiger partial charge in [0.1, 0.15) is 0 Å². The first-order valence-electron chi connectivity index (χ1n) is 3.79. The molecule has 0 aromatic heterocycles. The lowest BCUT2D eigenvalue weighted by atomic mass is 10.3. The summed E-state index contributed by atoms with van der Waals surface area (Å²) in [4.78, 5) is 0. The Labute approximate surface area is 78.1 Å². The molecule has 0 bridgehead atoms. The van der Waals surface area contributed by atoms with Crippen LogP contribution < -0.4 is 0 Å². The molecule has 0 radical (unpaired) electrons. The van der Waals surface area contributed by atoms with Crippen molar-refractivity contribution in [2.45, 2.75) is 26.2 Å². The van der Waals surface area contributed by atoms with Crippen LogP contribution in [-0.2, 0) is 10.1 Å². The number of rotatable bonds is 4. The van der Waals surface area contributed by atoms with Crippen molar-refractivity contribution < 1.29 is 28.0 Å². The second-order valence-electron chi connectivity index (χ2n) is 2.34. The smallest absolute Gasteiger partial charge is 0.402 e. The monoisotopic (exact) mass is 214 g/mol. The Balaban J connectivity index is 0. The highest BCUT2D eigenvalue weighted by Gasteiger charge is 2.01. The van der Waals surface area contributed by atoms with Crippen molar-refractivity contribution in [1.29, 1.82) is 0 Å². The van der Waals surface area contributed by atoms with Crippen molar-refractivity contribution in [2.75, 3.05) is 5.75 Å². The minimum Gasteiger partial charge on any atom is -0.402 e. The zero-order valence-electron chi connectivity index (χ0n) is 7.42. The molecule has 4 N–H and O–H groups in total. The fourth-order valence-corrected chi connectivity index (χ4v) is 1.10. The molecule has 0 fully saturated rings. The van der Waals surface area contributed by atoms with Crippen molar-refractivity contribution in [3.05, 3.63) is 0 Å². The molecule has 80 valence electrons. The summed E-state index contributed by atoms with van der Waals surface area (Å²) in [6, 6.07) is 0. The minimum absolute atomic E-state index is 0.0964. The van der Waals surface area contributed by atoms with Crippen LogP contribution in [0, 0.1) is 0 Å². The molecule has 0 unspecified atom stereocenters. The number of hydrogen-bond donors (Lipinski definition) is 4. The van der Waals surface area contributed by atoms with E-state index in [0.29, 0.717) is 6.42 Å². The first-order chi connectivity index (χ1) is 5.79. The second kappa shape index (κ2) is 8.45. The zero-order valence-corrected chi connectivity index (χ0v) is 8.24. The third kappa shape index (κ3) is 33.6. The highest BCUT2D eigenvalue weighted by atomic mass is 32.2. The van der Waals surface area contributed by atoms with Crippen LogP contribution in [-0.4, -0.2) is 41.1 Å². The normalized spacial score (nSPS) is 10.2. The van der Waals surface area contributed by atoms with E-state index in [1.165, 1.54) is 0 Å². The van der Waals surface area contributed by atoms with Crippen molar-refractivity contribution in [2.24, 2.45) is 0 Å². The molecule has 0 spiro atoms. The Hall–Kier alpha value is -0.145. The van der Waals surface area contributed by atoms with Gasteiger partial charge in [0.15, 0.2) is 0 Å². The van der Waals surface area contributed by atoms with Gasteiger partial charge in [-0.25, -0.2) is 0 Å². The van der Waals surface area contributed by atoms with Gasteiger partial charge in [0.05, 0.1) is 5.75 Å². The van der Waals surface area contributed by atoms with Crippen LogP contribution in [0.1, 0.15) is 26.2 Å². The fraction of sp³-hybridized carbons (Fsp3) is 1.00. The van der Waals surface area contributed by atoms with Crippen LogP contribution in [0.2, 0.25) is 0 Å². The van der Waals surface area contributed by atoms with E-state index in [2.05, 4.69) is 0 Å². The zero-order chi connectivity index (χ0) is 10.9. The maximum atomic E-state index is 10.1. The number of unbranched alkanes of at least 4 members (excludes halogenated alkanes) is 2. The SMILES string of the molecule is CCCCCS(=O)(=O)O.OB(O)O. The van der Waals surface area contributed by atoms with Gasteiger partial charge in [0.2, 0.25) is 0 Å². The molecule has 0 aliphatic heterocycles. The van der Waals surface area contributed by atoms with Crippen LogP contribution >= 0.6 is 0 Å². The van der Waals surface area contributed by atoms with Crippen LogP contribution in [0.4, 0.5) is 0 Å². The van der Waals surface area contributed by atoms with Crippen LogP contribution in [0.3, 0.4) is 0 Å². The van der Waals surface area contributed by atoms with E-state index in [1.54, 1.807) is 0 Å². The lowest BCUT2D eigenvalue weighted by molar-refractivity contribution is 0.278. The van der Waals surface area contributed by atoms with Gasteiger partial charge in [-0.3, -0.25) is 4.55 Å². The van der Waals surface area contributed by atoms with Crippen LogP contribution in [0.5, 0.6) is 0 Å². The molecule has 0 aliphatic rings. The predicted molar refractivity (Wildman–Crippen MR) is 48.4 cm³/mol. The van der Waals surface area contributed by atoms with Crippen LogP contribution in [0.25, 0.3) is 0 Å². The Morgan fingerprint density at radius 1 is 1.15 bits per heavy atom. The fourth-order valence-electron chi connectivity index (χ4n) is 0.534. The first-order valence-corrected chi connectivity index (χ1v) is 5.40. The molecule has 0 saturated heterocycles.